The third-order valence-corrected chi connectivity index (χ3v) is 4.16. The van der Waals surface area contributed by atoms with Crippen molar-refractivity contribution in [2.24, 2.45) is 7.05 Å². The number of hydrogen-bond donors (Lipinski definition) is 2. The molecule has 0 bridgehead atoms. The summed E-state index contributed by atoms with van der Waals surface area (Å²) in [6.45, 7) is 4.79. The molecule has 1 aromatic carbocycles. The van der Waals surface area contributed by atoms with Crippen LogP contribution < -0.4 is 10.6 Å². The Labute approximate surface area is 152 Å². The molecule has 0 aliphatic carbocycles. The minimum atomic E-state index is 0.0769. The Balaban J connectivity index is 1.57. The Morgan fingerprint density at radius 3 is 2.68 bits per heavy atom. The number of benzene rings is 1. The van der Waals surface area contributed by atoms with E-state index in [2.05, 4.69) is 39.9 Å². The predicted molar refractivity (Wildman–Crippen MR) is 103 cm³/mol. The fourth-order valence-electron chi connectivity index (χ4n) is 2.77. The molecule has 25 heavy (non-hydrogen) atoms. The smallest absolute Gasteiger partial charge is 0.171 e. The standard InChI is InChI=1S/C18H22N6S/c1-13(17-12-23(3)22-14(17)2)20-18(25)21-16-9-19-24(11-16)10-15-7-5-4-6-8-15/h4-9,11-13H,10H2,1-3H3,(H2,20,21,25). The molecule has 0 saturated carbocycles. The molecule has 3 aromatic rings. The van der Waals surface area contributed by atoms with Gasteiger partial charge in [0.05, 0.1) is 30.2 Å². The van der Waals surface area contributed by atoms with E-state index in [-0.39, 0.29) is 6.04 Å². The van der Waals surface area contributed by atoms with Crippen LogP contribution in [0.2, 0.25) is 0 Å². The lowest BCUT2D eigenvalue weighted by Crippen LogP contribution is -2.30. The van der Waals surface area contributed by atoms with Gasteiger partial charge in [-0.15, -0.1) is 0 Å². The van der Waals surface area contributed by atoms with Crippen molar-refractivity contribution in [3.63, 3.8) is 0 Å². The molecule has 6 nitrogen and oxygen atoms in total. The SMILES string of the molecule is Cc1nn(C)cc1C(C)NC(=S)Nc1cnn(Cc2ccccc2)c1. The van der Waals surface area contributed by atoms with Crippen molar-refractivity contribution in [3.05, 3.63) is 65.7 Å². The molecule has 0 spiro atoms. The van der Waals surface area contributed by atoms with E-state index in [1.54, 1.807) is 6.20 Å². The van der Waals surface area contributed by atoms with Gasteiger partial charge in [-0.3, -0.25) is 9.36 Å². The highest BCUT2D eigenvalue weighted by Gasteiger charge is 2.13. The van der Waals surface area contributed by atoms with E-state index in [9.17, 15) is 0 Å². The Morgan fingerprint density at radius 2 is 2.00 bits per heavy atom. The topological polar surface area (TPSA) is 59.7 Å². The Kier molecular flexibility index (Phi) is 5.14. The minimum absolute atomic E-state index is 0.0769. The summed E-state index contributed by atoms with van der Waals surface area (Å²) < 4.78 is 3.70. The van der Waals surface area contributed by atoms with Crippen LogP contribution in [0.25, 0.3) is 0 Å². The van der Waals surface area contributed by atoms with Gasteiger partial charge in [0.25, 0.3) is 0 Å². The molecule has 3 rings (SSSR count). The molecule has 0 saturated heterocycles. The first-order chi connectivity index (χ1) is 12.0. The lowest BCUT2D eigenvalue weighted by atomic mass is 10.1. The van der Waals surface area contributed by atoms with E-state index in [0.29, 0.717) is 5.11 Å². The summed E-state index contributed by atoms with van der Waals surface area (Å²) in [7, 11) is 1.92. The van der Waals surface area contributed by atoms with Crippen molar-refractivity contribution >= 4 is 23.0 Å². The number of aromatic nitrogens is 4. The highest BCUT2D eigenvalue weighted by Crippen LogP contribution is 2.16. The van der Waals surface area contributed by atoms with Crippen LogP contribution >= 0.6 is 12.2 Å². The molecule has 7 heteroatoms. The van der Waals surface area contributed by atoms with Gasteiger partial charge in [0.1, 0.15) is 0 Å². The molecule has 1 unspecified atom stereocenters. The minimum Gasteiger partial charge on any atom is -0.356 e. The second kappa shape index (κ2) is 7.48. The lowest BCUT2D eigenvalue weighted by Gasteiger charge is -2.15. The highest BCUT2D eigenvalue weighted by atomic mass is 32.1. The summed E-state index contributed by atoms with van der Waals surface area (Å²) in [5, 5.41) is 15.8. The van der Waals surface area contributed by atoms with Crippen LogP contribution in [0.3, 0.4) is 0 Å². The van der Waals surface area contributed by atoms with Crippen LogP contribution in [0.15, 0.2) is 48.9 Å². The summed E-state index contributed by atoms with van der Waals surface area (Å²) in [6, 6.07) is 10.3. The van der Waals surface area contributed by atoms with Crippen LogP contribution in [0, 0.1) is 6.92 Å². The zero-order valence-electron chi connectivity index (χ0n) is 14.6. The van der Waals surface area contributed by atoms with Gasteiger partial charge in [-0.1, -0.05) is 30.3 Å². The molecule has 2 heterocycles. The van der Waals surface area contributed by atoms with Gasteiger partial charge in [0, 0.05) is 25.0 Å². The van der Waals surface area contributed by atoms with Crippen molar-refractivity contribution in [2.75, 3.05) is 5.32 Å². The van der Waals surface area contributed by atoms with Gasteiger partial charge in [-0.25, -0.2) is 0 Å². The van der Waals surface area contributed by atoms with Crippen molar-refractivity contribution < 1.29 is 0 Å². The van der Waals surface area contributed by atoms with Gasteiger partial charge in [-0.05, 0) is 31.6 Å². The number of nitrogens with zero attached hydrogens (tertiary/aromatic N) is 4. The van der Waals surface area contributed by atoms with E-state index < -0.39 is 0 Å². The molecule has 130 valence electrons. The third kappa shape index (κ3) is 4.45. The van der Waals surface area contributed by atoms with E-state index >= 15 is 0 Å². The predicted octanol–water partition coefficient (Wildman–Crippen LogP) is 3.02. The summed E-state index contributed by atoms with van der Waals surface area (Å²) in [5.41, 5.74) is 4.20. The van der Waals surface area contributed by atoms with E-state index in [1.807, 2.05) is 53.9 Å². The van der Waals surface area contributed by atoms with Crippen LogP contribution in [0.1, 0.15) is 29.8 Å². The van der Waals surface area contributed by atoms with E-state index in [4.69, 9.17) is 12.2 Å². The molecular formula is C18H22N6S. The second-order valence-corrected chi connectivity index (χ2v) is 6.48. The van der Waals surface area contributed by atoms with E-state index in [0.717, 1.165) is 23.5 Å². The molecule has 0 radical (unpaired) electrons. The molecule has 1 atom stereocenters. The first kappa shape index (κ1) is 17.2. The maximum absolute atomic E-state index is 5.41. The average molecular weight is 354 g/mol. The van der Waals surface area contributed by atoms with Crippen molar-refractivity contribution in [1.29, 1.82) is 0 Å². The zero-order valence-corrected chi connectivity index (χ0v) is 15.4. The molecule has 0 fully saturated rings. The number of thiocarbonyl (C=S) groups is 1. The quantitative estimate of drug-likeness (QED) is 0.690. The van der Waals surface area contributed by atoms with Gasteiger partial charge >= 0.3 is 0 Å². The van der Waals surface area contributed by atoms with Gasteiger partial charge in [0.2, 0.25) is 0 Å². The summed E-state index contributed by atoms with van der Waals surface area (Å²) in [6.07, 6.45) is 5.73. The maximum atomic E-state index is 5.41. The average Bonchev–Trinajstić information content (AvgIpc) is 3.14. The number of aryl methyl sites for hydroxylation is 2. The molecule has 0 aliphatic heterocycles. The van der Waals surface area contributed by atoms with Crippen LogP contribution in [0.5, 0.6) is 0 Å². The van der Waals surface area contributed by atoms with Gasteiger partial charge in [-0.2, -0.15) is 10.2 Å². The molecule has 2 N–H and O–H groups in total. The monoisotopic (exact) mass is 354 g/mol. The zero-order chi connectivity index (χ0) is 17.8. The highest BCUT2D eigenvalue weighted by molar-refractivity contribution is 7.80. The van der Waals surface area contributed by atoms with Gasteiger partial charge < -0.3 is 10.6 Å². The first-order valence-electron chi connectivity index (χ1n) is 8.15. The lowest BCUT2D eigenvalue weighted by molar-refractivity contribution is 0.687. The van der Waals surface area contributed by atoms with Crippen molar-refractivity contribution in [2.45, 2.75) is 26.4 Å². The number of hydrogen-bond acceptors (Lipinski definition) is 3. The summed E-state index contributed by atoms with van der Waals surface area (Å²) in [4.78, 5) is 0. The molecule has 0 amide bonds. The first-order valence-corrected chi connectivity index (χ1v) is 8.56. The maximum Gasteiger partial charge on any atom is 0.171 e. The van der Waals surface area contributed by atoms with Gasteiger partial charge in [0.15, 0.2) is 5.11 Å². The van der Waals surface area contributed by atoms with Crippen molar-refractivity contribution in [1.82, 2.24) is 24.9 Å². The molecule has 2 aromatic heterocycles. The Bertz CT molecular complexity index is 852. The van der Waals surface area contributed by atoms with Crippen LogP contribution in [0.4, 0.5) is 5.69 Å². The second-order valence-electron chi connectivity index (χ2n) is 6.08. The third-order valence-electron chi connectivity index (χ3n) is 3.94. The fraction of sp³-hybridized carbons (Fsp3) is 0.278. The Hall–Kier alpha value is -2.67. The van der Waals surface area contributed by atoms with Crippen LogP contribution in [-0.4, -0.2) is 24.7 Å². The fourth-order valence-corrected chi connectivity index (χ4v) is 3.06. The number of rotatable bonds is 5. The number of nitrogens with one attached hydrogen (secondary N) is 2. The summed E-state index contributed by atoms with van der Waals surface area (Å²) in [5.74, 6) is 0. The van der Waals surface area contributed by atoms with Crippen LogP contribution in [-0.2, 0) is 13.6 Å². The molecular weight excluding hydrogens is 332 g/mol. The molecule has 0 aliphatic rings. The van der Waals surface area contributed by atoms with E-state index in [1.165, 1.54) is 5.56 Å². The van der Waals surface area contributed by atoms with Crippen molar-refractivity contribution in [3.8, 4) is 0 Å². The summed E-state index contributed by atoms with van der Waals surface area (Å²) >= 11 is 5.41. The largest absolute Gasteiger partial charge is 0.356 e. The number of anilines is 1. The normalized spacial score (nSPS) is 12.0. The Morgan fingerprint density at radius 1 is 1.24 bits per heavy atom.